The minimum atomic E-state index is -3.74. The SMILES string of the molecule is CN(c1ccccc1)S(=O)(=O)c1ccc(NC(=S)NC(=O)c2cccc(OCCOc3ccccc3)c2)cc1. The van der Waals surface area contributed by atoms with Crippen molar-refractivity contribution in [2.24, 2.45) is 0 Å². The second kappa shape index (κ2) is 12.9. The third-order valence-electron chi connectivity index (χ3n) is 5.58. The largest absolute Gasteiger partial charge is 0.490 e. The first-order valence-corrected chi connectivity index (χ1v) is 13.8. The molecule has 10 heteroatoms. The highest BCUT2D eigenvalue weighted by atomic mass is 32.2. The molecule has 0 radical (unpaired) electrons. The lowest BCUT2D eigenvalue weighted by Crippen LogP contribution is -2.34. The fourth-order valence-corrected chi connectivity index (χ4v) is 4.95. The molecule has 0 aliphatic heterocycles. The predicted octanol–water partition coefficient (Wildman–Crippen LogP) is 5.10. The smallest absolute Gasteiger partial charge is 0.264 e. The number of ether oxygens (including phenoxy) is 2. The Labute approximate surface area is 233 Å². The summed E-state index contributed by atoms with van der Waals surface area (Å²) in [4.78, 5) is 12.8. The van der Waals surface area contributed by atoms with Crippen molar-refractivity contribution in [2.75, 3.05) is 29.9 Å². The van der Waals surface area contributed by atoms with Crippen LogP contribution in [0.2, 0.25) is 0 Å². The summed E-state index contributed by atoms with van der Waals surface area (Å²) in [6.07, 6.45) is 0. The zero-order chi connectivity index (χ0) is 27.7. The Morgan fingerprint density at radius 3 is 2.05 bits per heavy atom. The van der Waals surface area contributed by atoms with Crippen LogP contribution in [-0.2, 0) is 10.0 Å². The molecule has 0 aliphatic rings. The molecule has 0 aliphatic carbocycles. The number of amides is 1. The third-order valence-corrected chi connectivity index (χ3v) is 7.58. The van der Waals surface area contributed by atoms with Gasteiger partial charge in [0.15, 0.2) is 5.11 Å². The van der Waals surface area contributed by atoms with Crippen LogP contribution >= 0.6 is 12.2 Å². The molecule has 1 amide bonds. The first-order valence-electron chi connectivity index (χ1n) is 12.0. The van der Waals surface area contributed by atoms with Crippen molar-refractivity contribution < 1.29 is 22.7 Å². The standard InChI is InChI=1S/C29H27N3O5S2/c1-32(24-10-4-2-5-11-24)39(34,35)27-17-15-23(16-18-27)30-29(38)31-28(33)22-9-8-14-26(21-22)37-20-19-36-25-12-6-3-7-13-25/h2-18,21H,19-20H2,1H3,(H2,30,31,33,38). The van der Waals surface area contributed by atoms with Gasteiger partial charge in [-0.25, -0.2) is 8.42 Å². The molecule has 0 atom stereocenters. The van der Waals surface area contributed by atoms with Crippen LogP contribution in [0.5, 0.6) is 11.5 Å². The van der Waals surface area contributed by atoms with Crippen molar-refractivity contribution in [1.29, 1.82) is 0 Å². The van der Waals surface area contributed by atoms with E-state index in [0.29, 0.717) is 35.9 Å². The van der Waals surface area contributed by atoms with Crippen LogP contribution in [0.1, 0.15) is 10.4 Å². The summed E-state index contributed by atoms with van der Waals surface area (Å²) in [6, 6.07) is 31.1. The normalized spacial score (nSPS) is 10.8. The Morgan fingerprint density at radius 1 is 0.795 bits per heavy atom. The van der Waals surface area contributed by atoms with E-state index in [1.54, 1.807) is 60.7 Å². The number of benzene rings is 4. The Morgan fingerprint density at radius 2 is 1.38 bits per heavy atom. The highest BCUT2D eigenvalue weighted by Crippen LogP contribution is 2.23. The van der Waals surface area contributed by atoms with Crippen LogP contribution in [-0.4, -0.2) is 39.7 Å². The number of carbonyl (C=O) groups excluding carboxylic acids is 1. The van der Waals surface area contributed by atoms with Crippen molar-refractivity contribution in [1.82, 2.24) is 5.32 Å². The van der Waals surface area contributed by atoms with Crippen molar-refractivity contribution in [2.45, 2.75) is 4.90 Å². The van der Waals surface area contributed by atoms with E-state index in [9.17, 15) is 13.2 Å². The van der Waals surface area contributed by atoms with Gasteiger partial charge in [0.2, 0.25) is 0 Å². The fraction of sp³-hybridized carbons (Fsp3) is 0.103. The number of anilines is 2. The van der Waals surface area contributed by atoms with Gasteiger partial charge < -0.3 is 14.8 Å². The molecule has 0 unspecified atom stereocenters. The molecule has 0 spiro atoms. The maximum Gasteiger partial charge on any atom is 0.264 e. The molecule has 0 heterocycles. The lowest BCUT2D eigenvalue weighted by atomic mass is 10.2. The number of carbonyl (C=O) groups is 1. The molecule has 0 fully saturated rings. The van der Waals surface area contributed by atoms with E-state index in [0.717, 1.165) is 5.75 Å². The topological polar surface area (TPSA) is 97.0 Å². The van der Waals surface area contributed by atoms with Crippen molar-refractivity contribution in [3.05, 3.63) is 115 Å². The number of para-hydroxylation sites is 2. The summed E-state index contributed by atoms with van der Waals surface area (Å²) in [6.45, 7) is 0.671. The van der Waals surface area contributed by atoms with Gasteiger partial charge in [-0.15, -0.1) is 0 Å². The second-order valence-electron chi connectivity index (χ2n) is 8.28. The summed E-state index contributed by atoms with van der Waals surface area (Å²) >= 11 is 5.27. The van der Waals surface area contributed by atoms with E-state index in [1.807, 2.05) is 36.4 Å². The Balaban J connectivity index is 1.29. The van der Waals surface area contributed by atoms with Crippen LogP contribution < -0.4 is 24.4 Å². The van der Waals surface area contributed by atoms with Crippen LogP contribution in [0, 0.1) is 0 Å². The molecule has 2 N–H and O–H groups in total. The molecule has 200 valence electrons. The highest BCUT2D eigenvalue weighted by Gasteiger charge is 2.21. The quantitative estimate of drug-likeness (QED) is 0.206. The Kier molecular flexibility index (Phi) is 9.14. The van der Waals surface area contributed by atoms with Gasteiger partial charge in [-0.1, -0.05) is 42.5 Å². The first kappa shape index (κ1) is 27.6. The summed E-state index contributed by atoms with van der Waals surface area (Å²) in [7, 11) is -2.24. The van der Waals surface area contributed by atoms with Crippen LogP contribution in [0.3, 0.4) is 0 Å². The van der Waals surface area contributed by atoms with E-state index >= 15 is 0 Å². The van der Waals surface area contributed by atoms with E-state index in [2.05, 4.69) is 10.6 Å². The van der Waals surface area contributed by atoms with Crippen molar-refractivity contribution in [3.63, 3.8) is 0 Å². The van der Waals surface area contributed by atoms with Crippen molar-refractivity contribution in [3.8, 4) is 11.5 Å². The Hall–Kier alpha value is -4.41. The van der Waals surface area contributed by atoms with E-state index in [1.165, 1.54) is 23.5 Å². The van der Waals surface area contributed by atoms with E-state index < -0.39 is 15.9 Å². The zero-order valence-electron chi connectivity index (χ0n) is 21.1. The van der Waals surface area contributed by atoms with Gasteiger partial charge in [-0.3, -0.25) is 14.4 Å². The van der Waals surface area contributed by atoms with Crippen LogP contribution in [0.25, 0.3) is 0 Å². The average molecular weight is 562 g/mol. The number of hydrogen-bond donors (Lipinski definition) is 2. The number of nitrogens with zero attached hydrogens (tertiary/aromatic N) is 1. The molecule has 0 aromatic heterocycles. The average Bonchev–Trinajstić information content (AvgIpc) is 2.96. The minimum absolute atomic E-state index is 0.0691. The number of sulfonamides is 1. The number of rotatable bonds is 10. The summed E-state index contributed by atoms with van der Waals surface area (Å²) < 4.78 is 38.4. The van der Waals surface area contributed by atoms with Gasteiger partial charge in [0.25, 0.3) is 15.9 Å². The lowest BCUT2D eigenvalue weighted by molar-refractivity contribution is 0.0977. The fourth-order valence-electron chi connectivity index (χ4n) is 3.55. The summed E-state index contributed by atoms with van der Waals surface area (Å²) in [5, 5.41) is 5.59. The number of hydrogen-bond acceptors (Lipinski definition) is 6. The van der Waals surface area contributed by atoms with Gasteiger partial charge in [0, 0.05) is 18.3 Å². The van der Waals surface area contributed by atoms with Gasteiger partial charge in [-0.2, -0.15) is 0 Å². The molecule has 39 heavy (non-hydrogen) atoms. The maximum absolute atomic E-state index is 12.9. The van der Waals surface area contributed by atoms with Gasteiger partial charge in [0.1, 0.15) is 24.7 Å². The molecular weight excluding hydrogens is 534 g/mol. The second-order valence-corrected chi connectivity index (χ2v) is 10.7. The van der Waals surface area contributed by atoms with Crippen LogP contribution in [0.4, 0.5) is 11.4 Å². The number of thiocarbonyl (C=S) groups is 1. The zero-order valence-corrected chi connectivity index (χ0v) is 22.7. The van der Waals surface area contributed by atoms with Crippen molar-refractivity contribution >= 4 is 44.6 Å². The summed E-state index contributed by atoms with van der Waals surface area (Å²) in [5.41, 5.74) is 1.45. The predicted molar refractivity (Wildman–Crippen MR) is 156 cm³/mol. The summed E-state index contributed by atoms with van der Waals surface area (Å²) in [5.74, 6) is 0.864. The van der Waals surface area contributed by atoms with Gasteiger partial charge in [0.05, 0.1) is 10.6 Å². The van der Waals surface area contributed by atoms with Gasteiger partial charge >= 0.3 is 0 Å². The minimum Gasteiger partial charge on any atom is -0.490 e. The monoisotopic (exact) mass is 561 g/mol. The third kappa shape index (κ3) is 7.56. The molecule has 0 bridgehead atoms. The lowest BCUT2D eigenvalue weighted by Gasteiger charge is -2.19. The Bertz CT molecular complexity index is 1510. The molecule has 0 saturated heterocycles. The van der Waals surface area contributed by atoms with E-state index in [-0.39, 0.29) is 10.0 Å². The molecular formula is C29H27N3O5S2. The maximum atomic E-state index is 12.9. The molecule has 4 rings (SSSR count). The highest BCUT2D eigenvalue weighted by molar-refractivity contribution is 7.92. The van der Waals surface area contributed by atoms with Crippen LogP contribution in [0.15, 0.2) is 114 Å². The molecule has 8 nitrogen and oxygen atoms in total. The van der Waals surface area contributed by atoms with E-state index in [4.69, 9.17) is 21.7 Å². The van der Waals surface area contributed by atoms with Gasteiger partial charge in [-0.05, 0) is 78.9 Å². The first-order chi connectivity index (χ1) is 18.8. The number of nitrogens with one attached hydrogen (secondary N) is 2. The molecule has 0 saturated carbocycles. The molecule has 4 aromatic carbocycles. The molecule has 4 aromatic rings.